The van der Waals surface area contributed by atoms with Crippen LogP contribution in [0.2, 0.25) is 0 Å². The number of hydrogen-bond acceptors (Lipinski definition) is 5. The number of para-hydroxylation sites is 1. The lowest BCUT2D eigenvalue weighted by molar-refractivity contribution is 0.293. The van der Waals surface area contributed by atoms with Crippen molar-refractivity contribution in [2.45, 2.75) is 25.1 Å². The number of sulfonamides is 1. The quantitative estimate of drug-likeness (QED) is 0.852. The van der Waals surface area contributed by atoms with Gasteiger partial charge >= 0.3 is 0 Å². The summed E-state index contributed by atoms with van der Waals surface area (Å²) in [4.78, 5) is 2.07. The minimum absolute atomic E-state index is 0.152. The lowest BCUT2D eigenvalue weighted by atomic mass is 9.99. The van der Waals surface area contributed by atoms with Gasteiger partial charge in [-0.25, -0.2) is 8.42 Å². The highest BCUT2D eigenvalue weighted by Gasteiger charge is 2.33. The number of fused-ring (bicyclic) bond motifs is 1. The van der Waals surface area contributed by atoms with E-state index in [1.807, 2.05) is 38.4 Å². The molecular formula is C16H21N3O3S. The molecule has 1 atom stereocenters. The normalized spacial score (nSPS) is 18.3. The minimum Gasteiger partial charge on any atom is -0.361 e. The summed E-state index contributed by atoms with van der Waals surface area (Å²) in [5, 5.41) is 3.81. The van der Waals surface area contributed by atoms with E-state index >= 15 is 0 Å². The molecule has 23 heavy (non-hydrogen) atoms. The standard InChI is InChI=1S/C16H21N3O3S/c1-12-8-14(17-22-12)11-23(20,21)19-10-15(18(2)3)9-13-6-4-5-7-16(13)19/h4-8,15H,9-11H2,1-3H3/t15-/m1/s1. The van der Waals surface area contributed by atoms with Crippen LogP contribution in [0.4, 0.5) is 5.69 Å². The van der Waals surface area contributed by atoms with Crippen LogP contribution in [0.1, 0.15) is 17.0 Å². The molecule has 0 saturated heterocycles. The third-order valence-corrected chi connectivity index (χ3v) is 5.84. The molecule has 0 aliphatic carbocycles. The summed E-state index contributed by atoms with van der Waals surface area (Å²) in [6.07, 6.45) is 0.845. The number of hydrogen-bond donors (Lipinski definition) is 0. The van der Waals surface area contributed by atoms with Crippen LogP contribution in [0, 0.1) is 6.92 Å². The number of nitrogens with zero attached hydrogens (tertiary/aromatic N) is 3. The Hall–Kier alpha value is -1.86. The van der Waals surface area contributed by atoms with Crippen LogP contribution in [-0.4, -0.2) is 45.2 Å². The summed E-state index contributed by atoms with van der Waals surface area (Å²) in [6, 6.07) is 9.50. The van der Waals surface area contributed by atoms with Gasteiger partial charge in [-0.05, 0) is 39.1 Å². The van der Waals surface area contributed by atoms with Crippen LogP contribution in [0.3, 0.4) is 0 Å². The third kappa shape index (κ3) is 3.25. The molecule has 0 N–H and O–H groups in total. The van der Waals surface area contributed by atoms with Gasteiger partial charge in [0.15, 0.2) is 0 Å². The zero-order valence-corrected chi connectivity index (χ0v) is 14.4. The summed E-state index contributed by atoms with van der Waals surface area (Å²) in [5.41, 5.74) is 2.26. The summed E-state index contributed by atoms with van der Waals surface area (Å²) < 4.78 is 32.3. The fourth-order valence-electron chi connectivity index (χ4n) is 2.89. The summed E-state index contributed by atoms with van der Waals surface area (Å²) >= 11 is 0. The van der Waals surface area contributed by atoms with Gasteiger partial charge in [-0.3, -0.25) is 4.31 Å². The molecule has 3 rings (SSSR count). The Balaban J connectivity index is 1.96. The number of aryl methyl sites for hydroxylation is 1. The van der Waals surface area contributed by atoms with Crippen molar-refractivity contribution in [2.24, 2.45) is 0 Å². The van der Waals surface area contributed by atoms with E-state index in [1.165, 1.54) is 4.31 Å². The van der Waals surface area contributed by atoms with Gasteiger partial charge in [-0.1, -0.05) is 23.4 Å². The molecule has 1 aliphatic rings. The zero-order chi connectivity index (χ0) is 16.6. The highest BCUT2D eigenvalue weighted by Crippen LogP contribution is 2.31. The monoisotopic (exact) mass is 335 g/mol. The van der Waals surface area contributed by atoms with Crippen LogP contribution >= 0.6 is 0 Å². The molecule has 0 saturated carbocycles. The topological polar surface area (TPSA) is 66.7 Å². The van der Waals surface area contributed by atoms with Crippen molar-refractivity contribution in [2.75, 3.05) is 24.9 Å². The van der Waals surface area contributed by atoms with E-state index in [1.54, 1.807) is 13.0 Å². The Kier molecular flexibility index (Phi) is 4.16. The van der Waals surface area contributed by atoms with Gasteiger partial charge in [0.1, 0.15) is 17.2 Å². The molecule has 0 amide bonds. The molecule has 1 aromatic carbocycles. The first-order chi connectivity index (χ1) is 10.9. The molecule has 2 heterocycles. The molecular weight excluding hydrogens is 314 g/mol. The molecule has 0 spiro atoms. The molecule has 2 aromatic rings. The highest BCUT2D eigenvalue weighted by molar-refractivity contribution is 7.92. The lowest BCUT2D eigenvalue weighted by Crippen LogP contribution is -2.48. The highest BCUT2D eigenvalue weighted by atomic mass is 32.2. The van der Waals surface area contributed by atoms with Gasteiger partial charge in [0.25, 0.3) is 0 Å². The van der Waals surface area contributed by atoms with E-state index in [-0.39, 0.29) is 11.8 Å². The predicted molar refractivity (Wildman–Crippen MR) is 88.8 cm³/mol. The third-order valence-electron chi connectivity index (χ3n) is 4.17. The Morgan fingerprint density at radius 2 is 2.09 bits per heavy atom. The maximum Gasteiger partial charge on any atom is 0.241 e. The average Bonchev–Trinajstić information content (AvgIpc) is 2.90. The molecule has 7 heteroatoms. The van der Waals surface area contributed by atoms with Crippen molar-refractivity contribution in [1.29, 1.82) is 0 Å². The van der Waals surface area contributed by atoms with Gasteiger partial charge in [0.05, 0.1) is 5.69 Å². The van der Waals surface area contributed by atoms with Gasteiger partial charge < -0.3 is 9.42 Å². The van der Waals surface area contributed by atoms with Crippen LogP contribution in [0.15, 0.2) is 34.9 Å². The molecule has 124 valence electrons. The van der Waals surface area contributed by atoms with E-state index in [0.717, 1.165) is 17.7 Å². The number of likely N-dealkylation sites (N-methyl/N-ethyl adjacent to an activating group) is 1. The SMILES string of the molecule is Cc1cc(CS(=O)(=O)N2C[C@H](N(C)C)Cc3ccccc32)no1. The van der Waals surface area contributed by atoms with Crippen molar-refractivity contribution in [3.63, 3.8) is 0 Å². The first-order valence-electron chi connectivity index (χ1n) is 7.54. The number of anilines is 1. The molecule has 0 fully saturated rings. The minimum atomic E-state index is -3.52. The van der Waals surface area contributed by atoms with Gasteiger partial charge in [0.2, 0.25) is 10.0 Å². The van der Waals surface area contributed by atoms with Gasteiger partial charge in [-0.15, -0.1) is 0 Å². The first kappa shape index (κ1) is 16.0. The summed E-state index contributed by atoms with van der Waals surface area (Å²) in [6.45, 7) is 2.20. The van der Waals surface area contributed by atoms with E-state index in [4.69, 9.17) is 4.52 Å². The molecule has 0 bridgehead atoms. The van der Waals surface area contributed by atoms with Crippen molar-refractivity contribution in [3.05, 3.63) is 47.3 Å². The van der Waals surface area contributed by atoms with Crippen LogP contribution in [0.5, 0.6) is 0 Å². The van der Waals surface area contributed by atoms with Crippen LogP contribution < -0.4 is 4.31 Å². The zero-order valence-electron chi connectivity index (χ0n) is 13.6. The maximum atomic E-state index is 12.9. The Morgan fingerprint density at radius 3 is 2.74 bits per heavy atom. The molecule has 0 unspecified atom stereocenters. The van der Waals surface area contributed by atoms with Gasteiger partial charge in [-0.2, -0.15) is 0 Å². The molecule has 0 radical (unpaired) electrons. The summed E-state index contributed by atoms with van der Waals surface area (Å²) in [7, 11) is 0.434. The van der Waals surface area contributed by atoms with Crippen molar-refractivity contribution in [3.8, 4) is 0 Å². The van der Waals surface area contributed by atoms with E-state index in [9.17, 15) is 8.42 Å². The maximum absolute atomic E-state index is 12.9. The smallest absolute Gasteiger partial charge is 0.241 e. The summed E-state index contributed by atoms with van der Waals surface area (Å²) in [5.74, 6) is 0.458. The van der Waals surface area contributed by atoms with Crippen molar-refractivity contribution >= 4 is 15.7 Å². The number of benzene rings is 1. The largest absolute Gasteiger partial charge is 0.361 e. The molecule has 1 aliphatic heterocycles. The Bertz CT molecular complexity index is 798. The Morgan fingerprint density at radius 1 is 1.35 bits per heavy atom. The fourth-order valence-corrected chi connectivity index (χ4v) is 4.44. The second-order valence-corrected chi connectivity index (χ2v) is 8.06. The van der Waals surface area contributed by atoms with E-state index in [0.29, 0.717) is 18.0 Å². The molecule has 6 nitrogen and oxygen atoms in total. The van der Waals surface area contributed by atoms with E-state index in [2.05, 4.69) is 10.1 Å². The van der Waals surface area contributed by atoms with Crippen molar-refractivity contribution in [1.82, 2.24) is 10.1 Å². The fraction of sp³-hybridized carbons (Fsp3) is 0.438. The first-order valence-corrected chi connectivity index (χ1v) is 9.14. The number of aromatic nitrogens is 1. The van der Waals surface area contributed by atoms with Gasteiger partial charge in [0, 0.05) is 18.7 Å². The Labute approximate surface area is 136 Å². The lowest BCUT2D eigenvalue weighted by Gasteiger charge is -2.37. The molecule has 1 aromatic heterocycles. The van der Waals surface area contributed by atoms with Crippen LogP contribution in [-0.2, 0) is 22.2 Å². The van der Waals surface area contributed by atoms with Crippen LogP contribution in [0.25, 0.3) is 0 Å². The predicted octanol–water partition coefficient (Wildman–Crippen LogP) is 1.81. The van der Waals surface area contributed by atoms with E-state index < -0.39 is 10.0 Å². The second kappa shape index (κ2) is 5.98. The second-order valence-electron chi connectivity index (χ2n) is 6.17. The average molecular weight is 335 g/mol. The van der Waals surface area contributed by atoms with Crippen molar-refractivity contribution < 1.29 is 12.9 Å². The number of rotatable bonds is 4.